The summed E-state index contributed by atoms with van der Waals surface area (Å²) in [5, 5.41) is -0.263. The lowest BCUT2D eigenvalue weighted by molar-refractivity contribution is 0.0201. The summed E-state index contributed by atoms with van der Waals surface area (Å²) in [6.07, 6.45) is -0.463. The number of aryl methyl sites for hydroxylation is 1. The average Bonchev–Trinajstić information content (AvgIpc) is 3.03. The van der Waals surface area contributed by atoms with Crippen molar-refractivity contribution >= 4 is 34.5 Å². The molecule has 1 saturated heterocycles. The number of pyridine rings is 1. The molecule has 3 aromatic rings. The molecule has 1 amide bonds. The van der Waals surface area contributed by atoms with E-state index in [0.29, 0.717) is 30.2 Å². The first-order chi connectivity index (χ1) is 18.8. The van der Waals surface area contributed by atoms with Crippen LogP contribution in [-0.4, -0.2) is 80.5 Å². The van der Waals surface area contributed by atoms with Gasteiger partial charge in [0.25, 0.3) is 0 Å². The zero-order valence-corrected chi connectivity index (χ0v) is 24.2. The number of hydrogen-bond donors (Lipinski definition) is 0. The van der Waals surface area contributed by atoms with Gasteiger partial charge in [0.15, 0.2) is 16.5 Å². The number of halogens is 2. The zero-order valence-electron chi connectivity index (χ0n) is 23.4. The molecule has 1 atom stereocenters. The van der Waals surface area contributed by atoms with Crippen LogP contribution in [0.3, 0.4) is 0 Å². The summed E-state index contributed by atoms with van der Waals surface area (Å²) in [5.74, 6) is -0.959. The fourth-order valence-corrected chi connectivity index (χ4v) is 5.15. The van der Waals surface area contributed by atoms with E-state index in [4.69, 9.17) is 25.8 Å². The number of fused-ring (bicyclic) bond motifs is 2. The summed E-state index contributed by atoms with van der Waals surface area (Å²) in [5.41, 5.74) is 0.0500. The number of rotatable bonds is 3. The predicted octanol–water partition coefficient (Wildman–Crippen LogP) is 3.62. The molecule has 40 heavy (non-hydrogen) atoms. The second kappa shape index (κ2) is 10.0. The van der Waals surface area contributed by atoms with E-state index in [1.807, 2.05) is 18.7 Å². The molecular weight excluding hydrogens is 545 g/mol. The minimum atomic E-state index is -0.863. The molecule has 0 unspecified atom stereocenters. The summed E-state index contributed by atoms with van der Waals surface area (Å²) in [4.78, 5) is 47.5. The van der Waals surface area contributed by atoms with Crippen molar-refractivity contribution in [3.8, 4) is 17.4 Å². The highest BCUT2D eigenvalue weighted by Crippen LogP contribution is 2.41. The topological polar surface area (TPSA) is 125 Å². The maximum absolute atomic E-state index is 15.4. The van der Waals surface area contributed by atoms with Crippen LogP contribution in [0.25, 0.3) is 16.7 Å². The van der Waals surface area contributed by atoms with Crippen LogP contribution in [0.4, 0.5) is 15.0 Å². The Kier molecular flexibility index (Phi) is 6.97. The fraction of sp³-hybridized carbons (Fsp3) is 0.538. The van der Waals surface area contributed by atoms with Crippen LogP contribution in [-0.2, 0) is 4.74 Å². The van der Waals surface area contributed by atoms with E-state index in [-0.39, 0.29) is 47.7 Å². The molecule has 0 radical (unpaired) electrons. The van der Waals surface area contributed by atoms with E-state index < -0.39 is 34.4 Å². The summed E-state index contributed by atoms with van der Waals surface area (Å²) >= 11 is 6.25. The summed E-state index contributed by atoms with van der Waals surface area (Å²) < 4.78 is 33.4. The van der Waals surface area contributed by atoms with E-state index in [2.05, 4.69) is 19.9 Å². The van der Waals surface area contributed by atoms with Gasteiger partial charge in [-0.15, -0.1) is 0 Å². The first-order valence-corrected chi connectivity index (χ1v) is 13.3. The van der Waals surface area contributed by atoms with Gasteiger partial charge in [-0.3, -0.25) is 0 Å². The van der Waals surface area contributed by atoms with Gasteiger partial charge in [-0.2, -0.15) is 19.3 Å². The number of anilines is 1. The fourth-order valence-electron chi connectivity index (χ4n) is 4.98. The zero-order chi connectivity index (χ0) is 29.1. The average molecular weight is 576 g/mol. The lowest BCUT2D eigenvalue weighted by atomic mass is 10.1. The Morgan fingerprint density at radius 2 is 1.90 bits per heavy atom. The highest BCUT2D eigenvalue weighted by Gasteiger charge is 2.38. The minimum Gasteiger partial charge on any atom is -0.487 e. The molecule has 5 rings (SSSR count). The number of carbonyl (C=O) groups excluding carboxylic acids is 1. The molecule has 0 aliphatic carbocycles. The molecule has 12 nitrogen and oxygen atoms in total. The Morgan fingerprint density at radius 3 is 2.55 bits per heavy atom. The van der Waals surface area contributed by atoms with Crippen molar-refractivity contribution in [2.24, 2.45) is 0 Å². The lowest BCUT2D eigenvalue weighted by Crippen LogP contribution is -2.57. The summed E-state index contributed by atoms with van der Waals surface area (Å²) in [7, 11) is 1.46. The van der Waals surface area contributed by atoms with E-state index in [1.165, 1.54) is 11.7 Å². The Labute approximate surface area is 235 Å². The number of methoxy groups -OCH3 is 1. The van der Waals surface area contributed by atoms with Crippen molar-refractivity contribution in [1.29, 1.82) is 0 Å². The van der Waals surface area contributed by atoms with Crippen molar-refractivity contribution in [3.05, 3.63) is 32.8 Å². The van der Waals surface area contributed by atoms with Gasteiger partial charge >= 0.3 is 17.8 Å². The second-order valence-corrected chi connectivity index (χ2v) is 11.4. The normalized spacial score (nSPS) is 17.0. The predicted molar refractivity (Wildman–Crippen MR) is 146 cm³/mol. The third-order valence-corrected chi connectivity index (χ3v) is 6.96. The molecule has 0 N–H and O–H groups in total. The largest absolute Gasteiger partial charge is 0.487 e. The number of carbonyl (C=O) groups is 1. The molecule has 1 fully saturated rings. The first-order valence-electron chi connectivity index (χ1n) is 12.9. The maximum atomic E-state index is 15.4. The van der Waals surface area contributed by atoms with Gasteiger partial charge in [-0.1, -0.05) is 25.4 Å². The smallest absolute Gasteiger partial charge is 0.410 e. The molecular formula is C26H31ClFN7O5. The summed E-state index contributed by atoms with van der Waals surface area (Å²) in [6, 6.07) is -0.286. The Bertz CT molecular complexity index is 1570. The van der Waals surface area contributed by atoms with Gasteiger partial charge in [-0.05, 0) is 33.6 Å². The second-order valence-electron chi connectivity index (χ2n) is 11.1. The molecule has 0 aromatic carbocycles. The molecule has 3 aromatic heterocycles. The highest BCUT2D eigenvalue weighted by atomic mass is 35.5. The lowest BCUT2D eigenvalue weighted by Gasteiger charge is -2.41. The molecule has 2 aliphatic rings. The Morgan fingerprint density at radius 1 is 1.18 bits per heavy atom. The van der Waals surface area contributed by atoms with Crippen molar-refractivity contribution in [2.45, 2.75) is 59.1 Å². The van der Waals surface area contributed by atoms with Crippen LogP contribution in [0.5, 0.6) is 11.8 Å². The third-order valence-electron chi connectivity index (χ3n) is 6.71. The number of hydrogen-bond acceptors (Lipinski definition) is 10. The van der Waals surface area contributed by atoms with Crippen LogP contribution in [0.15, 0.2) is 4.79 Å². The van der Waals surface area contributed by atoms with Crippen LogP contribution in [0.1, 0.15) is 51.9 Å². The highest BCUT2D eigenvalue weighted by molar-refractivity contribution is 6.30. The van der Waals surface area contributed by atoms with Crippen molar-refractivity contribution in [3.63, 3.8) is 0 Å². The first kappa shape index (κ1) is 27.8. The molecule has 0 bridgehead atoms. The Balaban J connectivity index is 1.70. The Hall–Kier alpha value is -3.74. The third kappa shape index (κ3) is 4.76. The van der Waals surface area contributed by atoms with Gasteiger partial charge < -0.3 is 24.0 Å². The number of aromatic nitrogens is 5. The van der Waals surface area contributed by atoms with Crippen LogP contribution < -0.4 is 20.1 Å². The maximum Gasteiger partial charge on any atom is 0.410 e. The van der Waals surface area contributed by atoms with E-state index in [0.717, 1.165) is 0 Å². The molecule has 2 aliphatic heterocycles. The monoisotopic (exact) mass is 575 g/mol. The molecule has 5 heterocycles. The van der Waals surface area contributed by atoms with Gasteiger partial charge in [0.05, 0.1) is 30.2 Å². The number of piperazine rings is 1. The number of nitrogens with zero attached hydrogens (tertiary/aromatic N) is 7. The van der Waals surface area contributed by atoms with Gasteiger partial charge in [0, 0.05) is 19.6 Å². The standard InChI is InChI=1S/C26H31ClFN7O5/c1-12(2)17-18(13(3)29-23(30-17)38-7)35-22-15-19(16(28)20(27)31-22)39-11-14-10-33(25(37)40-26(4,5)6)8-9-34(14)21(15)32-24(35)36/h12,14H,8-11H2,1-7H3/t14-/m1/s1. The molecule has 14 heteroatoms. The van der Waals surface area contributed by atoms with E-state index in [9.17, 15) is 9.59 Å². The van der Waals surface area contributed by atoms with Crippen LogP contribution >= 0.6 is 11.6 Å². The van der Waals surface area contributed by atoms with Crippen LogP contribution in [0.2, 0.25) is 5.15 Å². The SMILES string of the molecule is COc1nc(C)c(-n2c(=O)nc3c4c(c(F)c(Cl)nc42)OC[C@H]2CN(C(=O)OC(C)(C)C)CCN32)c(C(C)C)n1. The molecule has 0 saturated carbocycles. The van der Waals surface area contributed by atoms with E-state index >= 15 is 4.39 Å². The number of ether oxygens (including phenoxy) is 3. The van der Waals surface area contributed by atoms with Gasteiger partial charge in [0.2, 0.25) is 5.82 Å². The van der Waals surface area contributed by atoms with Crippen molar-refractivity contribution in [2.75, 3.05) is 38.3 Å². The van der Waals surface area contributed by atoms with Gasteiger partial charge in [-0.25, -0.2) is 19.1 Å². The van der Waals surface area contributed by atoms with Crippen molar-refractivity contribution in [1.82, 2.24) is 29.4 Å². The molecule has 214 valence electrons. The molecule has 0 spiro atoms. The number of amides is 1. The van der Waals surface area contributed by atoms with Gasteiger partial charge in [0.1, 0.15) is 23.4 Å². The summed E-state index contributed by atoms with van der Waals surface area (Å²) in [6.45, 7) is 11.8. The quantitative estimate of drug-likeness (QED) is 0.427. The van der Waals surface area contributed by atoms with Crippen molar-refractivity contribution < 1.29 is 23.4 Å². The minimum absolute atomic E-state index is 0.0120. The van der Waals surface area contributed by atoms with E-state index in [1.54, 1.807) is 32.6 Å². The van der Waals surface area contributed by atoms with Crippen LogP contribution in [0, 0.1) is 12.7 Å².